The second kappa shape index (κ2) is 5.23. The maximum Gasteiger partial charge on any atom is 0.338 e. The quantitative estimate of drug-likeness (QED) is 0.681. The van der Waals surface area contributed by atoms with Gasteiger partial charge in [0.05, 0.1) is 5.56 Å². The van der Waals surface area contributed by atoms with Crippen LogP contribution in [-0.2, 0) is 11.3 Å². The zero-order chi connectivity index (χ0) is 13.1. The number of carbonyl (C=O) groups excluding carboxylic acids is 1. The fourth-order valence-corrected chi connectivity index (χ4v) is 2.34. The summed E-state index contributed by atoms with van der Waals surface area (Å²) in [6.45, 7) is 4.10. The first-order valence-electron chi connectivity index (χ1n) is 5.63. The minimum atomic E-state index is -0.328. The van der Waals surface area contributed by atoms with E-state index in [4.69, 9.17) is 10.5 Å². The van der Waals surface area contributed by atoms with E-state index in [1.165, 1.54) is 0 Å². The van der Waals surface area contributed by atoms with Gasteiger partial charge in [0.1, 0.15) is 6.61 Å². The lowest BCUT2D eigenvalue weighted by Gasteiger charge is -2.09. The van der Waals surface area contributed by atoms with Gasteiger partial charge in [-0.25, -0.2) is 4.79 Å². The van der Waals surface area contributed by atoms with Crippen LogP contribution in [0.15, 0.2) is 29.0 Å². The maximum absolute atomic E-state index is 11.9. The molecule has 0 fully saturated rings. The third-order valence-corrected chi connectivity index (χ3v) is 3.52. The van der Waals surface area contributed by atoms with Crippen LogP contribution in [0.1, 0.15) is 27.0 Å². The maximum atomic E-state index is 11.9. The fourth-order valence-electron chi connectivity index (χ4n) is 1.69. The Morgan fingerprint density at radius 1 is 1.33 bits per heavy atom. The van der Waals surface area contributed by atoms with Crippen molar-refractivity contribution >= 4 is 23.0 Å². The van der Waals surface area contributed by atoms with Crippen molar-refractivity contribution in [1.29, 1.82) is 0 Å². The minimum absolute atomic E-state index is 0.301. The minimum Gasteiger partial charge on any atom is -0.457 e. The topological polar surface area (TPSA) is 52.3 Å². The van der Waals surface area contributed by atoms with Gasteiger partial charge in [0, 0.05) is 11.3 Å². The van der Waals surface area contributed by atoms with Gasteiger partial charge in [-0.05, 0) is 47.9 Å². The average Bonchev–Trinajstić information content (AvgIpc) is 2.84. The zero-order valence-electron chi connectivity index (χ0n) is 10.4. The van der Waals surface area contributed by atoms with Crippen molar-refractivity contribution < 1.29 is 9.53 Å². The highest BCUT2D eigenvalue weighted by Gasteiger charge is 2.12. The van der Waals surface area contributed by atoms with E-state index in [1.54, 1.807) is 17.4 Å². The normalized spacial score (nSPS) is 10.3. The van der Waals surface area contributed by atoms with E-state index in [0.717, 1.165) is 16.7 Å². The third kappa shape index (κ3) is 2.71. The Balaban J connectivity index is 2.11. The van der Waals surface area contributed by atoms with Crippen LogP contribution in [0, 0.1) is 13.8 Å². The molecule has 0 aliphatic rings. The van der Waals surface area contributed by atoms with Crippen molar-refractivity contribution in [1.82, 2.24) is 0 Å². The Morgan fingerprint density at radius 2 is 2.11 bits per heavy atom. The summed E-state index contributed by atoms with van der Waals surface area (Å²) in [5.41, 5.74) is 9.83. The zero-order valence-corrected chi connectivity index (χ0v) is 11.2. The molecule has 0 bridgehead atoms. The van der Waals surface area contributed by atoms with E-state index in [9.17, 15) is 4.79 Å². The molecule has 4 heteroatoms. The van der Waals surface area contributed by atoms with Crippen LogP contribution in [0.2, 0.25) is 0 Å². The van der Waals surface area contributed by atoms with Crippen molar-refractivity contribution in [3.05, 3.63) is 51.2 Å². The summed E-state index contributed by atoms with van der Waals surface area (Å²) in [4.78, 5) is 11.9. The number of carbonyl (C=O) groups is 1. The largest absolute Gasteiger partial charge is 0.457 e. The van der Waals surface area contributed by atoms with Gasteiger partial charge in [-0.2, -0.15) is 11.3 Å². The Morgan fingerprint density at radius 3 is 2.78 bits per heavy atom. The molecule has 0 aliphatic carbocycles. The molecule has 2 aromatic rings. The highest BCUT2D eigenvalue weighted by molar-refractivity contribution is 7.07. The van der Waals surface area contributed by atoms with Crippen molar-refractivity contribution in [2.45, 2.75) is 20.5 Å². The van der Waals surface area contributed by atoms with E-state index in [-0.39, 0.29) is 5.97 Å². The smallest absolute Gasteiger partial charge is 0.338 e. The summed E-state index contributed by atoms with van der Waals surface area (Å²) in [5, 5.41) is 3.92. The Hall–Kier alpha value is -1.81. The summed E-state index contributed by atoms with van der Waals surface area (Å²) in [7, 11) is 0. The van der Waals surface area contributed by atoms with E-state index < -0.39 is 0 Å². The number of hydrogen-bond donors (Lipinski definition) is 1. The second-order valence-corrected chi connectivity index (χ2v) is 5.01. The third-order valence-electron chi connectivity index (χ3n) is 2.78. The number of anilines is 1. The van der Waals surface area contributed by atoms with Crippen LogP contribution in [0.25, 0.3) is 0 Å². The van der Waals surface area contributed by atoms with E-state index in [1.807, 2.05) is 36.7 Å². The molecule has 2 N–H and O–H groups in total. The standard InChI is InChI=1S/C14H15NO2S/c1-9-5-10(2)13(15)6-12(9)14(16)17-7-11-3-4-18-8-11/h3-6,8H,7,15H2,1-2H3. The number of nitrogen functional groups attached to an aromatic ring is 1. The van der Waals surface area contributed by atoms with Crippen molar-refractivity contribution in [2.24, 2.45) is 0 Å². The molecule has 1 aromatic carbocycles. The second-order valence-electron chi connectivity index (χ2n) is 4.23. The molecule has 0 unspecified atom stereocenters. The molecule has 0 spiro atoms. The lowest BCUT2D eigenvalue weighted by molar-refractivity contribution is 0.0472. The highest BCUT2D eigenvalue weighted by Crippen LogP contribution is 2.19. The first-order chi connectivity index (χ1) is 8.58. The molecule has 0 amide bonds. The number of benzene rings is 1. The van der Waals surface area contributed by atoms with Gasteiger partial charge < -0.3 is 10.5 Å². The van der Waals surface area contributed by atoms with Crippen LogP contribution in [0.5, 0.6) is 0 Å². The molecule has 0 aliphatic heterocycles. The van der Waals surface area contributed by atoms with Gasteiger partial charge in [-0.3, -0.25) is 0 Å². The number of hydrogen-bond acceptors (Lipinski definition) is 4. The number of rotatable bonds is 3. The van der Waals surface area contributed by atoms with Crippen molar-refractivity contribution in [3.63, 3.8) is 0 Å². The molecule has 0 atom stereocenters. The molecular formula is C14H15NO2S. The highest BCUT2D eigenvalue weighted by atomic mass is 32.1. The molecule has 18 heavy (non-hydrogen) atoms. The molecular weight excluding hydrogens is 246 g/mol. The number of aryl methyl sites for hydroxylation is 2. The summed E-state index contributed by atoms with van der Waals surface area (Å²) < 4.78 is 5.26. The number of nitrogens with two attached hydrogens (primary N) is 1. The van der Waals surface area contributed by atoms with Gasteiger partial charge in [0.15, 0.2) is 0 Å². The summed E-state index contributed by atoms with van der Waals surface area (Å²) in [6, 6.07) is 5.52. The van der Waals surface area contributed by atoms with Crippen molar-refractivity contribution in [3.8, 4) is 0 Å². The van der Waals surface area contributed by atoms with E-state index >= 15 is 0 Å². The summed E-state index contributed by atoms with van der Waals surface area (Å²) in [5.74, 6) is -0.328. The van der Waals surface area contributed by atoms with E-state index in [2.05, 4.69) is 0 Å². The molecule has 2 rings (SSSR count). The predicted molar refractivity (Wildman–Crippen MR) is 73.8 cm³/mol. The lowest BCUT2D eigenvalue weighted by Crippen LogP contribution is -2.08. The number of ether oxygens (including phenoxy) is 1. The summed E-state index contributed by atoms with van der Waals surface area (Å²) >= 11 is 1.58. The SMILES string of the molecule is Cc1cc(C)c(C(=O)OCc2ccsc2)cc1N. The monoisotopic (exact) mass is 261 g/mol. The number of esters is 1. The van der Waals surface area contributed by atoms with Gasteiger partial charge >= 0.3 is 5.97 Å². The predicted octanol–water partition coefficient (Wildman–Crippen LogP) is 3.30. The Labute approximate surface area is 110 Å². The molecule has 94 valence electrons. The molecule has 0 saturated heterocycles. The lowest BCUT2D eigenvalue weighted by atomic mass is 10.0. The van der Waals surface area contributed by atoms with E-state index in [0.29, 0.717) is 17.9 Å². The van der Waals surface area contributed by atoms with Crippen LogP contribution in [0.3, 0.4) is 0 Å². The Kier molecular flexibility index (Phi) is 3.67. The molecule has 0 radical (unpaired) electrons. The average molecular weight is 261 g/mol. The molecule has 3 nitrogen and oxygen atoms in total. The van der Waals surface area contributed by atoms with Crippen LogP contribution in [-0.4, -0.2) is 5.97 Å². The number of thiophene rings is 1. The van der Waals surface area contributed by atoms with Crippen LogP contribution < -0.4 is 5.73 Å². The first kappa shape index (κ1) is 12.6. The van der Waals surface area contributed by atoms with Gasteiger partial charge in [-0.1, -0.05) is 6.07 Å². The van der Waals surface area contributed by atoms with Crippen LogP contribution >= 0.6 is 11.3 Å². The first-order valence-corrected chi connectivity index (χ1v) is 6.57. The summed E-state index contributed by atoms with van der Waals surface area (Å²) in [6.07, 6.45) is 0. The van der Waals surface area contributed by atoms with Crippen LogP contribution in [0.4, 0.5) is 5.69 Å². The van der Waals surface area contributed by atoms with Gasteiger partial charge in [0.25, 0.3) is 0 Å². The van der Waals surface area contributed by atoms with Crippen molar-refractivity contribution in [2.75, 3.05) is 5.73 Å². The van der Waals surface area contributed by atoms with Gasteiger partial charge in [-0.15, -0.1) is 0 Å². The Bertz CT molecular complexity index is 561. The van der Waals surface area contributed by atoms with Gasteiger partial charge in [0.2, 0.25) is 0 Å². The molecule has 0 saturated carbocycles. The molecule has 1 aromatic heterocycles. The molecule has 1 heterocycles. The fraction of sp³-hybridized carbons (Fsp3) is 0.214.